The highest BCUT2D eigenvalue weighted by Gasteiger charge is 2.18. The third kappa shape index (κ3) is 8.95. The number of phenols is 1. The van der Waals surface area contributed by atoms with Crippen LogP contribution in [0.15, 0.2) is 77.7 Å². The smallest absolute Gasteiger partial charge is 0.217 e. The molecule has 3 aromatic carbocycles. The van der Waals surface area contributed by atoms with E-state index in [1.807, 2.05) is 24.3 Å². The van der Waals surface area contributed by atoms with Gasteiger partial charge in [-0.3, -0.25) is 4.18 Å². The van der Waals surface area contributed by atoms with E-state index in [1.54, 1.807) is 48.5 Å². The van der Waals surface area contributed by atoms with Gasteiger partial charge in [0.25, 0.3) is 0 Å². The lowest BCUT2D eigenvalue weighted by Crippen LogP contribution is -2.04. The van der Waals surface area contributed by atoms with Gasteiger partial charge in [-0.1, -0.05) is 59.6 Å². The molecule has 0 heterocycles. The molecule has 30 heavy (non-hydrogen) atoms. The third-order valence-corrected chi connectivity index (χ3v) is 6.65. The summed E-state index contributed by atoms with van der Waals surface area (Å²) >= 11 is 12.0. The predicted molar refractivity (Wildman–Crippen MR) is 121 cm³/mol. The second-order valence-electron chi connectivity index (χ2n) is 6.17. The van der Waals surface area contributed by atoms with Gasteiger partial charge in [0.05, 0.1) is 6.61 Å². The second kappa shape index (κ2) is 11.6. The average Bonchev–Trinajstić information content (AvgIpc) is 2.70. The topological polar surface area (TPSA) is 86.7 Å². The maximum absolute atomic E-state index is 10.0. The summed E-state index contributed by atoms with van der Waals surface area (Å²) in [6.07, 6.45) is 2.16. The van der Waals surface area contributed by atoms with E-state index < -0.39 is 10.4 Å². The van der Waals surface area contributed by atoms with Gasteiger partial charge in [-0.05, 0) is 42.0 Å². The van der Waals surface area contributed by atoms with Crippen LogP contribution in [0.3, 0.4) is 0 Å². The fourth-order valence-electron chi connectivity index (χ4n) is 2.35. The number of halogens is 2. The third-order valence-electron chi connectivity index (χ3n) is 3.84. The van der Waals surface area contributed by atoms with E-state index in [0.717, 1.165) is 11.3 Å². The van der Waals surface area contributed by atoms with Gasteiger partial charge in [-0.2, -0.15) is 0 Å². The molecule has 0 saturated carbocycles. The van der Waals surface area contributed by atoms with Crippen molar-refractivity contribution in [2.24, 2.45) is 0 Å². The first kappa shape index (κ1) is 24.5. The molecule has 0 radical (unpaired) electrons. The van der Waals surface area contributed by atoms with Crippen molar-refractivity contribution in [3.05, 3.63) is 94.0 Å². The molecule has 0 saturated heterocycles. The summed E-state index contributed by atoms with van der Waals surface area (Å²) in [5.41, 5.74) is 1.75. The molecule has 0 fully saturated rings. The molecule has 0 aromatic heterocycles. The predicted octanol–water partition coefficient (Wildman–Crippen LogP) is 5.17. The number of phenolic OH excluding ortho intramolecular Hbond substituents is 1. The Labute approximate surface area is 189 Å². The normalized spacial score (nSPS) is 12.0. The van der Waals surface area contributed by atoms with Crippen LogP contribution in [-0.2, 0) is 37.8 Å². The Morgan fingerprint density at radius 2 is 1.63 bits per heavy atom. The van der Waals surface area contributed by atoms with Crippen LogP contribution in [-0.4, -0.2) is 24.3 Å². The maximum atomic E-state index is 10.0. The minimum atomic E-state index is -4.57. The molecule has 0 aliphatic rings. The summed E-state index contributed by atoms with van der Waals surface area (Å²) in [5.74, 6) is 1.17. The van der Waals surface area contributed by atoms with E-state index in [2.05, 4.69) is 10.4 Å². The minimum absolute atomic E-state index is 0.0518. The Morgan fingerprint density at radius 1 is 1.00 bits per heavy atom. The molecule has 0 aliphatic carbocycles. The van der Waals surface area contributed by atoms with Crippen LogP contribution < -0.4 is 0 Å². The molecule has 9 heteroatoms. The highest BCUT2D eigenvalue weighted by Crippen LogP contribution is 2.26. The Balaban J connectivity index is 0.000000232. The Hall–Kier alpha value is -1.74. The van der Waals surface area contributed by atoms with Gasteiger partial charge in [0.15, 0.2) is 4.90 Å². The summed E-state index contributed by atoms with van der Waals surface area (Å²) in [7, 11) is -4.52. The molecule has 0 spiro atoms. The molecule has 1 N–H and O–H groups in total. The highest BCUT2D eigenvalue weighted by atomic mass is 35.5. The van der Waals surface area contributed by atoms with Gasteiger partial charge in [-0.25, -0.2) is 8.42 Å². The van der Waals surface area contributed by atoms with E-state index in [4.69, 9.17) is 23.2 Å². The standard InChI is InChI=1S/C14H12Cl2OS.C7H8O4S/c1-18(13-6-4-12(17)5-7-13)9-10-2-3-11(15)8-14(10)16;8-12(9,10)11-6-7-4-2-1-3-5-7/h2-8H,9H2,1H3;1-5H,6H2,(H,8,9,10). The molecule has 0 amide bonds. The lowest BCUT2D eigenvalue weighted by molar-refractivity contribution is 0.253. The fraction of sp³-hybridized carbons (Fsp3) is 0.143. The maximum Gasteiger partial charge on any atom is 0.217 e. The van der Waals surface area contributed by atoms with Crippen LogP contribution in [0.25, 0.3) is 0 Å². The first-order valence-electron chi connectivity index (χ1n) is 8.64. The second-order valence-corrected chi connectivity index (χ2v) is 10.1. The fourth-order valence-corrected chi connectivity index (χ4v) is 4.67. The highest BCUT2D eigenvalue weighted by molar-refractivity contribution is 7.95. The van der Waals surface area contributed by atoms with Crippen LogP contribution >= 0.6 is 23.2 Å². The summed E-state index contributed by atoms with van der Waals surface area (Å²) in [5, 5.41) is 10.6. The molecular formula is C21H20Cl2O5S2. The molecule has 5 nitrogen and oxygen atoms in total. The summed E-state index contributed by atoms with van der Waals surface area (Å²) in [6.45, 7) is -0.202. The van der Waals surface area contributed by atoms with Gasteiger partial charge in [0, 0.05) is 26.5 Å². The van der Waals surface area contributed by atoms with Crippen molar-refractivity contribution in [1.82, 2.24) is 0 Å². The number of hydrogen-bond donors (Lipinski definition) is 1. The Bertz CT molecular complexity index is 1040. The first-order valence-corrected chi connectivity index (χ1v) is 12.5. The molecule has 3 rings (SSSR count). The largest absolute Gasteiger partial charge is 0.726 e. The molecule has 3 aromatic rings. The zero-order valence-electron chi connectivity index (χ0n) is 16.0. The van der Waals surface area contributed by atoms with Crippen LogP contribution in [0.4, 0.5) is 0 Å². The average molecular weight is 487 g/mol. The molecule has 0 aliphatic heterocycles. The van der Waals surface area contributed by atoms with Gasteiger partial charge in [0.1, 0.15) is 17.8 Å². The van der Waals surface area contributed by atoms with E-state index in [1.165, 1.54) is 4.90 Å². The number of aromatic hydroxyl groups is 1. The lowest BCUT2D eigenvalue weighted by atomic mass is 10.2. The Morgan fingerprint density at radius 3 is 2.20 bits per heavy atom. The lowest BCUT2D eigenvalue weighted by Gasteiger charge is -2.06. The summed E-state index contributed by atoms with van der Waals surface area (Å²) in [4.78, 5) is 1.21. The molecule has 0 bridgehead atoms. The van der Waals surface area contributed by atoms with Crippen molar-refractivity contribution >= 4 is 44.5 Å². The SMILES string of the molecule is C[S+](Cc1ccc(Cl)cc1Cl)c1ccc(O)cc1.O=S(=O)([O-])OCc1ccccc1. The van der Waals surface area contributed by atoms with Crippen LogP contribution in [0, 0.1) is 0 Å². The Kier molecular flexibility index (Phi) is 9.48. The van der Waals surface area contributed by atoms with Crippen LogP contribution in [0.1, 0.15) is 11.1 Å². The zero-order chi connectivity index (χ0) is 22.1. The van der Waals surface area contributed by atoms with Crippen LogP contribution in [0.5, 0.6) is 5.75 Å². The van der Waals surface area contributed by atoms with Crippen molar-refractivity contribution in [3.63, 3.8) is 0 Å². The van der Waals surface area contributed by atoms with Crippen molar-refractivity contribution in [2.75, 3.05) is 6.26 Å². The van der Waals surface area contributed by atoms with Gasteiger partial charge in [0.2, 0.25) is 10.4 Å². The van der Waals surface area contributed by atoms with E-state index >= 15 is 0 Å². The number of hydrogen-bond acceptors (Lipinski definition) is 5. The van der Waals surface area contributed by atoms with Gasteiger partial charge < -0.3 is 9.66 Å². The number of benzene rings is 3. The van der Waals surface area contributed by atoms with E-state index in [-0.39, 0.29) is 17.5 Å². The van der Waals surface area contributed by atoms with Crippen molar-refractivity contribution in [2.45, 2.75) is 17.3 Å². The van der Waals surface area contributed by atoms with Crippen molar-refractivity contribution in [1.29, 1.82) is 0 Å². The van der Waals surface area contributed by atoms with E-state index in [0.29, 0.717) is 21.4 Å². The minimum Gasteiger partial charge on any atom is -0.726 e. The van der Waals surface area contributed by atoms with Gasteiger partial charge in [-0.15, -0.1) is 0 Å². The quantitative estimate of drug-likeness (QED) is 0.295. The summed E-state index contributed by atoms with van der Waals surface area (Å²) < 4.78 is 34.1. The molecule has 1 atom stereocenters. The van der Waals surface area contributed by atoms with Crippen molar-refractivity contribution in [3.8, 4) is 5.75 Å². The van der Waals surface area contributed by atoms with Crippen molar-refractivity contribution < 1.29 is 22.3 Å². The monoisotopic (exact) mass is 486 g/mol. The molecule has 160 valence electrons. The van der Waals surface area contributed by atoms with Gasteiger partial charge >= 0.3 is 0 Å². The molecular weight excluding hydrogens is 467 g/mol. The summed E-state index contributed by atoms with van der Waals surface area (Å²) in [6, 6.07) is 21.5. The molecule has 1 unspecified atom stereocenters. The first-order chi connectivity index (χ1) is 14.1. The van der Waals surface area contributed by atoms with E-state index in [9.17, 15) is 18.1 Å². The number of rotatable bonds is 6. The zero-order valence-corrected chi connectivity index (χ0v) is 19.1. The van der Waals surface area contributed by atoms with Crippen LogP contribution in [0.2, 0.25) is 10.0 Å².